The maximum Gasteiger partial charge on any atom is 0.251 e. The number of para-hydroxylation sites is 1. The number of carbonyl (C=O) groups is 3. The van der Waals surface area contributed by atoms with Crippen LogP contribution >= 0.6 is 11.3 Å². The molecule has 1 spiro atoms. The maximum atomic E-state index is 13.6. The number of thiophene rings is 1. The predicted molar refractivity (Wildman–Crippen MR) is 158 cm³/mol. The topological polar surface area (TPSA) is 160 Å². The second-order valence-corrected chi connectivity index (χ2v) is 11.3. The Morgan fingerprint density at radius 1 is 1.10 bits per heavy atom. The van der Waals surface area contributed by atoms with E-state index in [9.17, 15) is 14.4 Å². The number of hydrogen-bond donors (Lipinski definition) is 4. The summed E-state index contributed by atoms with van der Waals surface area (Å²) in [5.41, 5.74) is 8.05. The number of nitrogens with one attached hydrogen (secondary N) is 3. The molecule has 2 aliphatic heterocycles. The molecule has 0 unspecified atom stereocenters. The lowest BCUT2D eigenvalue weighted by Crippen LogP contribution is -2.57. The van der Waals surface area contributed by atoms with Crippen molar-refractivity contribution in [2.75, 3.05) is 26.3 Å². The first-order valence-electron chi connectivity index (χ1n) is 13.6. The van der Waals surface area contributed by atoms with Gasteiger partial charge in [-0.3, -0.25) is 19.8 Å². The molecule has 2 aromatic heterocycles. The van der Waals surface area contributed by atoms with Gasteiger partial charge in [-0.1, -0.05) is 24.3 Å². The van der Waals surface area contributed by atoms with Gasteiger partial charge in [0.25, 0.3) is 5.91 Å². The molecule has 11 nitrogen and oxygen atoms in total. The molecule has 0 radical (unpaired) electrons. The fourth-order valence-corrected chi connectivity index (χ4v) is 6.43. The van der Waals surface area contributed by atoms with Crippen LogP contribution in [0.25, 0.3) is 21.8 Å². The van der Waals surface area contributed by atoms with Crippen LogP contribution in [-0.4, -0.2) is 71.6 Å². The van der Waals surface area contributed by atoms with Crippen LogP contribution in [0.15, 0.2) is 60.0 Å². The Morgan fingerprint density at radius 2 is 1.86 bits per heavy atom. The fraction of sp³-hybridized carbons (Fsp3) is 0.300. The van der Waals surface area contributed by atoms with Crippen molar-refractivity contribution in [3.63, 3.8) is 0 Å². The standard InChI is InChI=1S/C30H30N6O5S/c1-17(24-14-21(16-42-24)27(31)32)34-29(39)26-30(40-10-11-41-30)8-9-36(26)25(37)15-33-28(38)20-7-6-19-12-18-4-2-3-5-22(18)35-23(19)13-20/h2-7,12-14,16-17,26H,8-11,15H2,1H3,(H3,31,32)(H,33,38)(H,34,39)/t17-,26-/m1/s1. The van der Waals surface area contributed by atoms with Crippen LogP contribution in [0.4, 0.5) is 0 Å². The van der Waals surface area contributed by atoms with Crippen molar-refractivity contribution in [1.82, 2.24) is 20.5 Å². The maximum absolute atomic E-state index is 13.6. The lowest BCUT2D eigenvalue weighted by molar-refractivity contribution is -0.183. The third kappa shape index (κ3) is 5.20. The molecule has 2 aromatic carbocycles. The minimum absolute atomic E-state index is 0.0502. The van der Waals surface area contributed by atoms with Gasteiger partial charge in [-0.15, -0.1) is 11.3 Å². The van der Waals surface area contributed by atoms with Gasteiger partial charge in [-0.05, 0) is 37.3 Å². The van der Waals surface area contributed by atoms with Crippen LogP contribution in [0.1, 0.15) is 40.2 Å². The Labute approximate surface area is 245 Å². The average Bonchev–Trinajstić information content (AvgIpc) is 3.75. The van der Waals surface area contributed by atoms with Crippen molar-refractivity contribution in [3.8, 4) is 0 Å². The summed E-state index contributed by atoms with van der Waals surface area (Å²) in [4.78, 5) is 46.9. The zero-order valence-electron chi connectivity index (χ0n) is 22.9. The van der Waals surface area contributed by atoms with Crippen molar-refractivity contribution in [1.29, 1.82) is 5.41 Å². The lowest BCUT2D eigenvalue weighted by Gasteiger charge is -2.33. The number of nitrogens with two attached hydrogens (primary N) is 1. The lowest BCUT2D eigenvalue weighted by atomic mass is 10.1. The molecule has 216 valence electrons. The number of fused-ring (bicyclic) bond motifs is 2. The Morgan fingerprint density at radius 3 is 2.62 bits per heavy atom. The summed E-state index contributed by atoms with van der Waals surface area (Å²) in [6, 6.07) is 15.3. The summed E-state index contributed by atoms with van der Waals surface area (Å²) in [5.74, 6) is -2.56. The van der Waals surface area contributed by atoms with Crippen LogP contribution in [0.3, 0.4) is 0 Å². The molecule has 2 saturated heterocycles. The molecule has 2 fully saturated rings. The van der Waals surface area contributed by atoms with Crippen molar-refractivity contribution >= 4 is 56.7 Å². The van der Waals surface area contributed by atoms with Crippen molar-refractivity contribution in [2.24, 2.45) is 5.73 Å². The first-order chi connectivity index (χ1) is 20.2. The van der Waals surface area contributed by atoms with Gasteiger partial charge in [0.1, 0.15) is 5.84 Å². The van der Waals surface area contributed by atoms with E-state index in [-0.39, 0.29) is 18.9 Å². The van der Waals surface area contributed by atoms with Gasteiger partial charge >= 0.3 is 0 Å². The highest BCUT2D eigenvalue weighted by atomic mass is 32.1. The van der Waals surface area contributed by atoms with E-state index in [1.807, 2.05) is 43.3 Å². The number of likely N-dealkylation sites (tertiary alicyclic amines) is 1. The van der Waals surface area contributed by atoms with Gasteiger partial charge in [0, 0.05) is 45.1 Å². The molecular weight excluding hydrogens is 556 g/mol. The molecule has 0 saturated carbocycles. The molecule has 2 aliphatic rings. The Balaban J connectivity index is 1.15. The smallest absolute Gasteiger partial charge is 0.251 e. The van der Waals surface area contributed by atoms with E-state index in [1.165, 1.54) is 16.2 Å². The van der Waals surface area contributed by atoms with Gasteiger partial charge in [-0.2, -0.15) is 0 Å². The van der Waals surface area contributed by atoms with Gasteiger partial charge in [0.05, 0.1) is 36.8 Å². The number of amides is 3. The van der Waals surface area contributed by atoms with Crippen LogP contribution in [0.5, 0.6) is 0 Å². The van der Waals surface area contributed by atoms with Gasteiger partial charge in [0.15, 0.2) is 11.8 Å². The first kappa shape index (κ1) is 27.8. The van der Waals surface area contributed by atoms with Crippen molar-refractivity contribution in [3.05, 3.63) is 76.0 Å². The molecule has 0 aliphatic carbocycles. The molecule has 42 heavy (non-hydrogen) atoms. The zero-order valence-corrected chi connectivity index (χ0v) is 23.7. The van der Waals surface area contributed by atoms with Crippen LogP contribution in [0.2, 0.25) is 0 Å². The van der Waals surface area contributed by atoms with Crippen molar-refractivity contribution in [2.45, 2.75) is 31.2 Å². The first-order valence-corrected chi connectivity index (χ1v) is 14.5. The quantitative estimate of drug-likeness (QED) is 0.147. The predicted octanol–water partition coefficient (Wildman–Crippen LogP) is 2.68. The number of benzene rings is 2. The number of nitrogen functional groups attached to an aromatic ring is 1. The number of amidine groups is 1. The highest BCUT2D eigenvalue weighted by Crippen LogP contribution is 2.37. The van der Waals surface area contributed by atoms with E-state index in [0.29, 0.717) is 36.3 Å². The van der Waals surface area contributed by atoms with E-state index in [1.54, 1.807) is 23.6 Å². The number of aromatic nitrogens is 1. The van der Waals surface area contributed by atoms with Gasteiger partial charge in [-0.25, -0.2) is 4.98 Å². The Hall–Kier alpha value is -4.39. The number of rotatable bonds is 7. The van der Waals surface area contributed by atoms with E-state index >= 15 is 0 Å². The molecule has 12 heteroatoms. The molecule has 4 heterocycles. The Bertz CT molecular complexity index is 1710. The third-order valence-electron chi connectivity index (χ3n) is 7.67. The molecule has 6 rings (SSSR count). The fourth-order valence-electron chi connectivity index (χ4n) is 5.52. The number of nitrogens with zero attached hydrogens (tertiary/aromatic N) is 2. The van der Waals surface area contributed by atoms with E-state index in [2.05, 4.69) is 15.6 Å². The monoisotopic (exact) mass is 586 g/mol. The minimum atomic E-state index is -1.24. The Kier molecular flexibility index (Phi) is 7.35. The zero-order chi connectivity index (χ0) is 29.4. The molecule has 2 atom stereocenters. The second kappa shape index (κ2) is 11.1. The highest BCUT2D eigenvalue weighted by molar-refractivity contribution is 7.10. The summed E-state index contributed by atoms with van der Waals surface area (Å²) < 4.78 is 11.8. The van der Waals surface area contributed by atoms with Gasteiger partial charge < -0.3 is 30.7 Å². The SMILES string of the molecule is C[C@@H](NC(=O)[C@H]1N(C(=O)CNC(=O)c2ccc3cc4ccccc4nc3c2)CCC12OCCO2)c1cc(C(=N)N)cs1. The number of ether oxygens (including phenoxy) is 2. The number of pyridine rings is 1. The van der Waals surface area contributed by atoms with E-state index in [4.69, 9.17) is 20.6 Å². The molecule has 4 aromatic rings. The number of hydrogen-bond acceptors (Lipinski definition) is 8. The summed E-state index contributed by atoms with van der Waals surface area (Å²) in [6.07, 6.45) is 0.330. The van der Waals surface area contributed by atoms with Crippen LogP contribution in [-0.2, 0) is 19.1 Å². The summed E-state index contributed by atoms with van der Waals surface area (Å²) >= 11 is 1.38. The van der Waals surface area contributed by atoms with E-state index in [0.717, 1.165) is 21.2 Å². The van der Waals surface area contributed by atoms with Crippen LogP contribution < -0.4 is 16.4 Å². The molecule has 5 N–H and O–H groups in total. The van der Waals surface area contributed by atoms with Crippen LogP contribution in [0, 0.1) is 5.41 Å². The number of carbonyl (C=O) groups excluding carboxylic acids is 3. The molecule has 3 amide bonds. The molecular formula is C30H30N6O5S. The molecule has 0 bridgehead atoms. The van der Waals surface area contributed by atoms with Gasteiger partial charge in [0.2, 0.25) is 11.8 Å². The highest BCUT2D eigenvalue weighted by Gasteiger charge is 2.57. The third-order valence-corrected chi connectivity index (χ3v) is 8.79. The largest absolute Gasteiger partial charge is 0.384 e. The minimum Gasteiger partial charge on any atom is -0.384 e. The second-order valence-electron chi connectivity index (χ2n) is 10.4. The van der Waals surface area contributed by atoms with E-state index < -0.39 is 35.6 Å². The normalized spacial score (nSPS) is 18.4. The summed E-state index contributed by atoms with van der Waals surface area (Å²) in [6.45, 7) is 2.39. The summed E-state index contributed by atoms with van der Waals surface area (Å²) in [5, 5.41) is 17.0. The average molecular weight is 587 g/mol. The van der Waals surface area contributed by atoms with Crippen molar-refractivity contribution < 1.29 is 23.9 Å². The summed E-state index contributed by atoms with van der Waals surface area (Å²) in [7, 11) is 0.